The van der Waals surface area contributed by atoms with Crippen LogP contribution >= 0.6 is 0 Å². The maximum atomic E-state index is 12.7. The fourth-order valence-electron chi connectivity index (χ4n) is 2.72. The molecular formula is C20H22N4O. The minimum absolute atomic E-state index is 0.0273. The third kappa shape index (κ3) is 3.95. The van der Waals surface area contributed by atoms with Crippen LogP contribution in [-0.2, 0) is 13.5 Å². The number of nitrogens with one attached hydrogen (secondary N) is 1. The van der Waals surface area contributed by atoms with Gasteiger partial charge in [0.25, 0.3) is 5.91 Å². The molecule has 0 bridgehead atoms. The number of anilines is 1. The van der Waals surface area contributed by atoms with E-state index in [4.69, 9.17) is 5.73 Å². The summed E-state index contributed by atoms with van der Waals surface area (Å²) in [5.41, 5.74) is 10.2. The van der Waals surface area contributed by atoms with Gasteiger partial charge in [-0.2, -0.15) is 5.10 Å². The Morgan fingerprint density at radius 2 is 1.84 bits per heavy atom. The van der Waals surface area contributed by atoms with Gasteiger partial charge in [0, 0.05) is 25.2 Å². The largest absolute Gasteiger partial charge is 0.324 e. The highest BCUT2D eigenvalue weighted by molar-refractivity contribution is 6.05. The molecule has 0 saturated carbocycles. The predicted octanol–water partition coefficient (Wildman–Crippen LogP) is 3.28. The van der Waals surface area contributed by atoms with Crippen LogP contribution in [0.15, 0.2) is 60.8 Å². The van der Waals surface area contributed by atoms with Crippen LogP contribution in [0.5, 0.6) is 0 Å². The Hall–Kier alpha value is -2.92. The zero-order valence-electron chi connectivity index (χ0n) is 14.4. The van der Waals surface area contributed by atoms with Gasteiger partial charge in [-0.05, 0) is 30.2 Å². The SMILES string of the molecule is CC(N)c1ccc(NC(=O)c2cnn(C)c2Cc2ccccc2)cc1. The molecule has 3 N–H and O–H groups in total. The number of aryl methyl sites for hydroxylation is 1. The molecule has 0 spiro atoms. The summed E-state index contributed by atoms with van der Waals surface area (Å²) in [7, 11) is 1.85. The van der Waals surface area contributed by atoms with Gasteiger partial charge in [-0.3, -0.25) is 9.48 Å². The zero-order valence-corrected chi connectivity index (χ0v) is 14.4. The zero-order chi connectivity index (χ0) is 17.8. The number of carbonyl (C=O) groups excluding carboxylic acids is 1. The lowest BCUT2D eigenvalue weighted by molar-refractivity contribution is 0.102. The number of benzene rings is 2. The Bertz CT molecular complexity index is 851. The molecule has 0 fully saturated rings. The average molecular weight is 334 g/mol. The molecule has 5 heteroatoms. The van der Waals surface area contributed by atoms with Crippen molar-refractivity contribution in [2.75, 3.05) is 5.32 Å². The second-order valence-electron chi connectivity index (χ2n) is 6.16. The number of rotatable bonds is 5. The predicted molar refractivity (Wildman–Crippen MR) is 99.5 cm³/mol. The molecular weight excluding hydrogens is 312 g/mol. The first-order chi connectivity index (χ1) is 12.0. The molecule has 1 amide bonds. The monoisotopic (exact) mass is 334 g/mol. The Balaban J connectivity index is 1.78. The molecule has 5 nitrogen and oxygen atoms in total. The summed E-state index contributed by atoms with van der Waals surface area (Å²) >= 11 is 0. The summed E-state index contributed by atoms with van der Waals surface area (Å²) in [6, 6.07) is 17.6. The lowest BCUT2D eigenvalue weighted by Gasteiger charge is -2.09. The van der Waals surface area contributed by atoms with E-state index < -0.39 is 0 Å². The minimum Gasteiger partial charge on any atom is -0.324 e. The second-order valence-corrected chi connectivity index (χ2v) is 6.16. The van der Waals surface area contributed by atoms with Gasteiger partial charge in [-0.25, -0.2) is 0 Å². The number of hydrogen-bond acceptors (Lipinski definition) is 3. The normalized spacial score (nSPS) is 12.0. The molecule has 3 aromatic rings. The van der Waals surface area contributed by atoms with Crippen molar-refractivity contribution in [2.24, 2.45) is 12.8 Å². The van der Waals surface area contributed by atoms with Gasteiger partial charge in [-0.1, -0.05) is 42.5 Å². The quantitative estimate of drug-likeness (QED) is 0.752. The van der Waals surface area contributed by atoms with Crippen LogP contribution in [0.4, 0.5) is 5.69 Å². The summed E-state index contributed by atoms with van der Waals surface area (Å²) in [5, 5.41) is 7.18. The van der Waals surface area contributed by atoms with Gasteiger partial charge < -0.3 is 11.1 Å². The van der Waals surface area contributed by atoms with Gasteiger partial charge >= 0.3 is 0 Å². The number of amides is 1. The molecule has 1 unspecified atom stereocenters. The van der Waals surface area contributed by atoms with E-state index in [1.807, 2.05) is 68.6 Å². The maximum absolute atomic E-state index is 12.7. The molecule has 0 aliphatic rings. The molecule has 0 saturated heterocycles. The van der Waals surface area contributed by atoms with Gasteiger partial charge in [-0.15, -0.1) is 0 Å². The Morgan fingerprint density at radius 3 is 2.48 bits per heavy atom. The molecule has 3 rings (SSSR count). The van der Waals surface area contributed by atoms with Crippen molar-refractivity contribution in [3.8, 4) is 0 Å². The minimum atomic E-state index is -0.160. The van der Waals surface area contributed by atoms with Crippen LogP contribution in [0.3, 0.4) is 0 Å². The first-order valence-electron chi connectivity index (χ1n) is 8.26. The van der Waals surface area contributed by atoms with Crippen molar-refractivity contribution in [1.29, 1.82) is 0 Å². The van der Waals surface area contributed by atoms with E-state index in [2.05, 4.69) is 10.4 Å². The van der Waals surface area contributed by atoms with Crippen molar-refractivity contribution in [3.63, 3.8) is 0 Å². The van der Waals surface area contributed by atoms with Gasteiger partial charge in [0.15, 0.2) is 0 Å². The number of hydrogen-bond donors (Lipinski definition) is 2. The molecule has 0 aliphatic heterocycles. The van der Waals surface area contributed by atoms with Crippen molar-refractivity contribution in [3.05, 3.63) is 83.2 Å². The Labute approximate surface area is 147 Å². The first kappa shape index (κ1) is 16.9. The molecule has 1 aromatic heterocycles. The van der Waals surface area contributed by atoms with Gasteiger partial charge in [0.2, 0.25) is 0 Å². The first-order valence-corrected chi connectivity index (χ1v) is 8.26. The molecule has 0 radical (unpaired) electrons. The van der Waals surface area contributed by atoms with Crippen molar-refractivity contribution in [1.82, 2.24) is 9.78 Å². The topological polar surface area (TPSA) is 72.9 Å². The number of nitrogens with two attached hydrogens (primary N) is 1. The van der Waals surface area contributed by atoms with Crippen molar-refractivity contribution in [2.45, 2.75) is 19.4 Å². The number of carbonyl (C=O) groups is 1. The van der Waals surface area contributed by atoms with E-state index in [0.29, 0.717) is 12.0 Å². The van der Waals surface area contributed by atoms with E-state index in [1.54, 1.807) is 10.9 Å². The van der Waals surface area contributed by atoms with Crippen LogP contribution in [0.25, 0.3) is 0 Å². The third-order valence-electron chi connectivity index (χ3n) is 4.21. The Morgan fingerprint density at radius 1 is 1.16 bits per heavy atom. The van der Waals surface area contributed by atoms with E-state index in [9.17, 15) is 4.79 Å². The summed E-state index contributed by atoms with van der Waals surface area (Å²) in [6.07, 6.45) is 2.27. The van der Waals surface area contributed by atoms with E-state index in [-0.39, 0.29) is 11.9 Å². The smallest absolute Gasteiger partial charge is 0.259 e. The van der Waals surface area contributed by atoms with Crippen LogP contribution in [0.1, 0.15) is 40.1 Å². The van der Waals surface area contributed by atoms with Crippen LogP contribution in [-0.4, -0.2) is 15.7 Å². The van der Waals surface area contributed by atoms with Crippen LogP contribution in [0.2, 0.25) is 0 Å². The number of nitrogens with zero attached hydrogens (tertiary/aromatic N) is 2. The highest BCUT2D eigenvalue weighted by Crippen LogP contribution is 2.18. The van der Waals surface area contributed by atoms with Crippen molar-refractivity contribution < 1.29 is 4.79 Å². The highest BCUT2D eigenvalue weighted by atomic mass is 16.1. The summed E-state index contributed by atoms with van der Waals surface area (Å²) in [5.74, 6) is -0.160. The lowest BCUT2D eigenvalue weighted by Crippen LogP contribution is -2.15. The highest BCUT2D eigenvalue weighted by Gasteiger charge is 2.16. The molecule has 0 aliphatic carbocycles. The van der Waals surface area contributed by atoms with Crippen LogP contribution < -0.4 is 11.1 Å². The summed E-state index contributed by atoms with van der Waals surface area (Å²) < 4.78 is 1.75. The fraction of sp³-hybridized carbons (Fsp3) is 0.200. The van der Waals surface area contributed by atoms with E-state index >= 15 is 0 Å². The molecule has 1 atom stereocenters. The number of aromatic nitrogens is 2. The molecule has 2 aromatic carbocycles. The van der Waals surface area contributed by atoms with Crippen LogP contribution in [0, 0.1) is 0 Å². The summed E-state index contributed by atoms with van der Waals surface area (Å²) in [4.78, 5) is 12.7. The molecule has 25 heavy (non-hydrogen) atoms. The standard InChI is InChI=1S/C20H22N4O/c1-14(21)16-8-10-17(11-9-16)23-20(25)18-13-22-24(2)19(18)12-15-6-4-3-5-7-15/h3-11,13-14H,12,21H2,1-2H3,(H,23,25). The fourth-order valence-corrected chi connectivity index (χ4v) is 2.72. The average Bonchev–Trinajstić information content (AvgIpc) is 2.97. The summed E-state index contributed by atoms with van der Waals surface area (Å²) in [6.45, 7) is 1.93. The van der Waals surface area contributed by atoms with Gasteiger partial charge in [0.05, 0.1) is 17.5 Å². The molecule has 128 valence electrons. The second kappa shape index (κ2) is 7.32. The van der Waals surface area contributed by atoms with E-state index in [1.165, 1.54) is 0 Å². The Kier molecular flexibility index (Phi) is 4.95. The van der Waals surface area contributed by atoms with Gasteiger partial charge in [0.1, 0.15) is 0 Å². The lowest BCUT2D eigenvalue weighted by atomic mass is 10.1. The van der Waals surface area contributed by atoms with Crippen molar-refractivity contribution >= 4 is 11.6 Å². The van der Waals surface area contributed by atoms with E-state index in [0.717, 1.165) is 22.5 Å². The maximum Gasteiger partial charge on any atom is 0.259 e. The molecule has 1 heterocycles. The third-order valence-corrected chi connectivity index (χ3v) is 4.21.